The fraction of sp³-hybridized carbons (Fsp3) is 0.526. The van der Waals surface area contributed by atoms with Crippen molar-refractivity contribution in [3.8, 4) is 11.6 Å². The molecule has 1 aliphatic carbocycles. The molecule has 1 saturated carbocycles. The molecule has 1 aromatic heterocycles. The van der Waals surface area contributed by atoms with Gasteiger partial charge in [0, 0.05) is 24.7 Å². The summed E-state index contributed by atoms with van der Waals surface area (Å²) in [5.41, 5.74) is 0. The number of rotatable bonds is 8. The Kier molecular flexibility index (Phi) is 6.28. The molecule has 0 N–H and O–H groups in total. The minimum absolute atomic E-state index is 0.182. The Labute approximate surface area is 147 Å². The zero-order valence-electron chi connectivity index (χ0n) is 14.6. The summed E-state index contributed by atoms with van der Waals surface area (Å²) in [7, 11) is 2.15. The first-order chi connectivity index (χ1) is 12.2. The average molecular weight is 348 g/mol. The molecule has 0 radical (unpaired) electrons. The number of aromatic nitrogens is 1. The molecule has 136 valence electrons. The number of nitrogens with zero attached hydrogens (tertiary/aromatic N) is 2. The van der Waals surface area contributed by atoms with E-state index in [-0.39, 0.29) is 12.4 Å². The molecule has 1 aromatic carbocycles. The topological polar surface area (TPSA) is 47.7 Å². The summed E-state index contributed by atoms with van der Waals surface area (Å²) in [5, 5.41) is 3.89. The zero-order chi connectivity index (χ0) is 17.5. The van der Waals surface area contributed by atoms with Crippen molar-refractivity contribution in [3.05, 3.63) is 41.9 Å². The molecule has 0 amide bonds. The van der Waals surface area contributed by atoms with E-state index in [4.69, 9.17) is 14.0 Å². The summed E-state index contributed by atoms with van der Waals surface area (Å²) in [6, 6.07) is 8.37. The van der Waals surface area contributed by atoms with Gasteiger partial charge in [-0.2, -0.15) is 0 Å². The minimum atomic E-state index is -0.332. The fourth-order valence-electron chi connectivity index (χ4n) is 3.14. The second kappa shape index (κ2) is 8.85. The van der Waals surface area contributed by atoms with Gasteiger partial charge in [-0.1, -0.05) is 25.3 Å². The van der Waals surface area contributed by atoms with E-state index in [0.717, 1.165) is 6.54 Å². The van der Waals surface area contributed by atoms with Crippen molar-refractivity contribution in [2.75, 3.05) is 20.2 Å². The van der Waals surface area contributed by atoms with Crippen molar-refractivity contribution in [3.63, 3.8) is 0 Å². The first kappa shape index (κ1) is 17.7. The van der Waals surface area contributed by atoms with Crippen LogP contribution < -0.4 is 9.47 Å². The van der Waals surface area contributed by atoms with E-state index in [1.165, 1.54) is 44.2 Å². The molecule has 0 atom stereocenters. The largest absolute Gasteiger partial charge is 0.485 e. The fourth-order valence-corrected chi connectivity index (χ4v) is 3.14. The van der Waals surface area contributed by atoms with E-state index >= 15 is 0 Å². The van der Waals surface area contributed by atoms with Gasteiger partial charge in [-0.3, -0.25) is 0 Å². The molecule has 0 saturated heterocycles. The molecule has 3 rings (SSSR count). The molecular formula is C19H25FN2O3. The second-order valence-corrected chi connectivity index (χ2v) is 6.50. The van der Waals surface area contributed by atoms with Crippen LogP contribution >= 0.6 is 0 Å². The predicted molar refractivity (Wildman–Crippen MR) is 92.2 cm³/mol. The molecule has 1 heterocycles. The van der Waals surface area contributed by atoms with Crippen LogP contribution in [0.3, 0.4) is 0 Å². The van der Waals surface area contributed by atoms with Crippen LogP contribution in [0.4, 0.5) is 4.39 Å². The van der Waals surface area contributed by atoms with Crippen molar-refractivity contribution in [2.45, 2.75) is 44.8 Å². The van der Waals surface area contributed by atoms with Gasteiger partial charge >= 0.3 is 0 Å². The quantitative estimate of drug-likeness (QED) is 0.721. The highest BCUT2D eigenvalue weighted by molar-refractivity contribution is 5.22. The smallest absolute Gasteiger partial charge is 0.254 e. The SMILES string of the molecule is CN(CCOc1cc(COc2cccc(F)c2)on1)C1CCCCC1. The lowest BCUT2D eigenvalue weighted by molar-refractivity contribution is 0.155. The van der Waals surface area contributed by atoms with Gasteiger partial charge in [0.15, 0.2) is 5.76 Å². The summed E-state index contributed by atoms with van der Waals surface area (Å²) >= 11 is 0. The van der Waals surface area contributed by atoms with Crippen molar-refractivity contribution >= 4 is 0 Å². The molecule has 0 unspecified atom stereocenters. The van der Waals surface area contributed by atoms with Crippen molar-refractivity contribution in [1.82, 2.24) is 10.1 Å². The number of hydrogen-bond acceptors (Lipinski definition) is 5. The molecule has 0 bridgehead atoms. The molecule has 5 nitrogen and oxygen atoms in total. The first-order valence-electron chi connectivity index (χ1n) is 8.88. The Morgan fingerprint density at radius 2 is 2.04 bits per heavy atom. The summed E-state index contributed by atoms with van der Waals surface area (Å²) in [6.07, 6.45) is 6.58. The Hall–Kier alpha value is -2.08. The van der Waals surface area contributed by atoms with Gasteiger partial charge in [-0.25, -0.2) is 4.39 Å². The highest BCUT2D eigenvalue weighted by atomic mass is 19.1. The number of hydrogen-bond donors (Lipinski definition) is 0. The molecular weight excluding hydrogens is 323 g/mol. The lowest BCUT2D eigenvalue weighted by Gasteiger charge is -2.30. The summed E-state index contributed by atoms with van der Waals surface area (Å²) in [5.74, 6) is 1.11. The third-order valence-electron chi connectivity index (χ3n) is 4.61. The normalized spacial score (nSPS) is 15.5. The van der Waals surface area contributed by atoms with Crippen LogP contribution in [0.15, 0.2) is 34.9 Å². The predicted octanol–water partition coefficient (Wildman–Crippen LogP) is 4.04. The Morgan fingerprint density at radius 3 is 2.84 bits per heavy atom. The van der Waals surface area contributed by atoms with Gasteiger partial charge in [-0.15, -0.1) is 0 Å². The van der Waals surface area contributed by atoms with Gasteiger partial charge in [0.2, 0.25) is 0 Å². The number of halogens is 1. The maximum absolute atomic E-state index is 13.1. The summed E-state index contributed by atoms with van der Waals surface area (Å²) in [4.78, 5) is 2.37. The van der Waals surface area contributed by atoms with Crippen LogP contribution in [0.1, 0.15) is 37.9 Å². The second-order valence-electron chi connectivity index (χ2n) is 6.50. The number of benzene rings is 1. The Bertz CT molecular complexity index is 656. The van der Waals surface area contributed by atoms with E-state index in [9.17, 15) is 4.39 Å². The van der Waals surface area contributed by atoms with E-state index in [1.54, 1.807) is 18.2 Å². The minimum Gasteiger partial charge on any atom is -0.485 e. The molecule has 0 aliphatic heterocycles. The number of likely N-dealkylation sites (N-methyl/N-ethyl adjacent to an activating group) is 1. The third-order valence-corrected chi connectivity index (χ3v) is 4.61. The molecule has 6 heteroatoms. The van der Waals surface area contributed by atoms with E-state index in [1.807, 2.05) is 0 Å². The molecule has 0 spiro atoms. The van der Waals surface area contributed by atoms with Gasteiger partial charge in [0.05, 0.1) is 0 Å². The van der Waals surface area contributed by atoms with Crippen LogP contribution in [-0.4, -0.2) is 36.3 Å². The molecule has 25 heavy (non-hydrogen) atoms. The lowest BCUT2D eigenvalue weighted by atomic mass is 9.94. The molecule has 2 aromatic rings. The third kappa shape index (κ3) is 5.46. The van der Waals surface area contributed by atoms with Crippen molar-refractivity contribution in [1.29, 1.82) is 0 Å². The number of ether oxygens (including phenoxy) is 2. The van der Waals surface area contributed by atoms with Crippen LogP contribution in [0.5, 0.6) is 11.6 Å². The van der Waals surface area contributed by atoms with E-state index < -0.39 is 0 Å². The Morgan fingerprint density at radius 1 is 1.20 bits per heavy atom. The lowest BCUT2D eigenvalue weighted by Crippen LogP contribution is -2.36. The van der Waals surface area contributed by atoms with Crippen LogP contribution in [0.25, 0.3) is 0 Å². The van der Waals surface area contributed by atoms with Gasteiger partial charge in [-0.05, 0) is 37.2 Å². The van der Waals surface area contributed by atoms with E-state index in [0.29, 0.717) is 30.0 Å². The van der Waals surface area contributed by atoms with Gasteiger partial charge < -0.3 is 18.9 Å². The first-order valence-corrected chi connectivity index (χ1v) is 8.88. The highest BCUT2D eigenvalue weighted by Crippen LogP contribution is 2.21. The van der Waals surface area contributed by atoms with Gasteiger partial charge in [0.1, 0.15) is 24.8 Å². The van der Waals surface area contributed by atoms with Crippen LogP contribution in [-0.2, 0) is 6.61 Å². The van der Waals surface area contributed by atoms with E-state index in [2.05, 4.69) is 17.1 Å². The van der Waals surface area contributed by atoms with Gasteiger partial charge in [0.25, 0.3) is 5.88 Å². The monoisotopic (exact) mass is 348 g/mol. The highest BCUT2D eigenvalue weighted by Gasteiger charge is 2.17. The Balaban J connectivity index is 1.39. The van der Waals surface area contributed by atoms with Crippen LogP contribution in [0.2, 0.25) is 0 Å². The van der Waals surface area contributed by atoms with Crippen molar-refractivity contribution < 1.29 is 18.4 Å². The van der Waals surface area contributed by atoms with Crippen molar-refractivity contribution in [2.24, 2.45) is 0 Å². The summed E-state index contributed by atoms with van der Waals surface area (Å²) in [6.45, 7) is 1.62. The summed E-state index contributed by atoms with van der Waals surface area (Å²) < 4.78 is 29.4. The average Bonchev–Trinajstić information content (AvgIpc) is 3.08. The van der Waals surface area contributed by atoms with Crippen LogP contribution in [0, 0.1) is 5.82 Å². The standard InChI is InChI=1S/C19H25FN2O3/c1-22(16-7-3-2-4-8-16)10-11-23-19-13-18(25-21-19)14-24-17-9-5-6-15(20)12-17/h5-6,9,12-13,16H,2-4,7-8,10-11,14H2,1H3. The zero-order valence-corrected chi connectivity index (χ0v) is 14.6. The maximum Gasteiger partial charge on any atom is 0.254 e. The maximum atomic E-state index is 13.1. The molecule has 1 fully saturated rings. The molecule has 1 aliphatic rings.